The molecule has 0 unspecified atom stereocenters. The Morgan fingerprint density at radius 2 is 1.81 bits per heavy atom. The number of hydrogen-bond acceptors (Lipinski definition) is 2. The van der Waals surface area contributed by atoms with E-state index in [1.807, 2.05) is 43.3 Å². The summed E-state index contributed by atoms with van der Waals surface area (Å²) in [5.41, 5.74) is 3.25. The molecule has 0 aliphatic rings. The molecule has 0 saturated heterocycles. The second-order valence-corrected chi connectivity index (χ2v) is 5.67. The smallest absolute Gasteiger partial charge is 0.196 e. The molecule has 3 rings (SSSR count). The molecule has 0 radical (unpaired) electrons. The fraction of sp³-hybridized carbons (Fsp3) is 0.118. The summed E-state index contributed by atoms with van der Waals surface area (Å²) in [5.74, 6) is 0.581. The molecule has 4 heteroatoms. The number of nitrogens with one attached hydrogen (secondary N) is 1. The molecule has 0 aliphatic carbocycles. The Morgan fingerprint density at radius 3 is 2.48 bits per heavy atom. The van der Waals surface area contributed by atoms with Crippen molar-refractivity contribution in [3.63, 3.8) is 0 Å². The van der Waals surface area contributed by atoms with Crippen LogP contribution in [-0.2, 0) is 0 Å². The summed E-state index contributed by atoms with van der Waals surface area (Å²) in [6.45, 7) is 1.83. The van der Waals surface area contributed by atoms with Crippen LogP contribution in [0.5, 0.6) is 5.75 Å². The van der Waals surface area contributed by atoms with Crippen molar-refractivity contribution in [3.8, 4) is 17.0 Å². The van der Waals surface area contributed by atoms with Crippen LogP contribution in [0, 0.1) is 6.92 Å². The van der Waals surface area contributed by atoms with Crippen molar-refractivity contribution in [1.82, 2.24) is 4.98 Å². The van der Waals surface area contributed by atoms with Crippen molar-refractivity contribution < 1.29 is 4.74 Å². The van der Waals surface area contributed by atoms with Gasteiger partial charge in [0.05, 0.1) is 23.7 Å². The molecule has 1 aromatic heterocycles. The van der Waals surface area contributed by atoms with Gasteiger partial charge in [0.25, 0.3) is 0 Å². The molecule has 0 amide bonds. The van der Waals surface area contributed by atoms with E-state index in [9.17, 15) is 4.79 Å². The predicted molar refractivity (Wildman–Crippen MR) is 89.0 cm³/mol. The summed E-state index contributed by atoms with van der Waals surface area (Å²) in [4.78, 5) is 16.1. The van der Waals surface area contributed by atoms with Crippen LogP contribution < -0.4 is 10.2 Å². The number of benzene rings is 2. The first-order chi connectivity index (χ1) is 10.1. The minimum Gasteiger partial charge on any atom is -0.496 e. The van der Waals surface area contributed by atoms with Crippen molar-refractivity contribution in [3.05, 3.63) is 62.7 Å². The highest BCUT2D eigenvalue weighted by molar-refractivity contribution is 9.10. The van der Waals surface area contributed by atoms with E-state index in [2.05, 4.69) is 20.9 Å². The Kier molecular flexibility index (Phi) is 3.55. The number of pyridine rings is 1. The summed E-state index contributed by atoms with van der Waals surface area (Å²) >= 11 is 3.50. The van der Waals surface area contributed by atoms with Gasteiger partial charge in [0.2, 0.25) is 0 Å². The third-order valence-electron chi connectivity index (χ3n) is 3.59. The van der Waals surface area contributed by atoms with E-state index in [1.165, 1.54) is 0 Å². The van der Waals surface area contributed by atoms with Gasteiger partial charge in [0.1, 0.15) is 5.75 Å². The SMILES string of the molecule is COc1ccc(Br)c2[nH]c(-c3ccccc3)c(C)c(=O)c12. The van der Waals surface area contributed by atoms with E-state index >= 15 is 0 Å². The topological polar surface area (TPSA) is 42.1 Å². The summed E-state index contributed by atoms with van der Waals surface area (Å²) in [7, 11) is 1.57. The average Bonchev–Trinajstić information content (AvgIpc) is 2.52. The molecular formula is C17H14BrNO2. The zero-order chi connectivity index (χ0) is 15.0. The third kappa shape index (κ3) is 2.25. The van der Waals surface area contributed by atoms with E-state index in [-0.39, 0.29) is 5.43 Å². The van der Waals surface area contributed by atoms with Gasteiger partial charge in [-0.2, -0.15) is 0 Å². The summed E-state index contributed by atoms with van der Waals surface area (Å²) < 4.78 is 6.16. The standard InChI is InChI=1S/C17H14BrNO2/c1-10-15(11-6-4-3-5-7-11)19-16-12(18)8-9-13(21-2)14(16)17(10)20/h3-9H,1-2H3,(H,19,20). The van der Waals surface area contributed by atoms with Gasteiger partial charge in [-0.05, 0) is 40.5 Å². The molecule has 0 saturated carbocycles. The number of halogens is 1. The molecule has 3 aromatic rings. The number of fused-ring (bicyclic) bond motifs is 1. The van der Waals surface area contributed by atoms with E-state index in [0.717, 1.165) is 21.2 Å². The highest BCUT2D eigenvalue weighted by Gasteiger charge is 2.15. The molecule has 0 bridgehead atoms. The Balaban J connectivity index is 2.44. The van der Waals surface area contributed by atoms with Gasteiger partial charge >= 0.3 is 0 Å². The predicted octanol–water partition coefficient (Wildman–Crippen LogP) is 4.27. The van der Waals surface area contributed by atoms with Crippen LogP contribution in [0.3, 0.4) is 0 Å². The molecule has 1 heterocycles. The number of aromatic nitrogens is 1. The molecule has 3 nitrogen and oxygen atoms in total. The van der Waals surface area contributed by atoms with Crippen molar-refractivity contribution in [2.24, 2.45) is 0 Å². The number of ether oxygens (including phenoxy) is 1. The van der Waals surface area contributed by atoms with Crippen LogP contribution in [0.2, 0.25) is 0 Å². The van der Waals surface area contributed by atoms with Crippen molar-refractivity contribution in [1.29, 1.82) is 0 Å². The van der Waals surface area contributed by atoms with Gasteiger partial charge in [-0.25, -0.2) is 0 Å². The Morgan fingerprint density at radius 1 is 1.10 bits per heavy atom. The summed E-state index contributed by atoms with van der Waals surface area (Å²) in [6, 6.07) is 13.5. The van der Waals surface area contributed by atoms with Gasteiger partial charge in [0, 0.05) is 10.0 Å². The molecular weight excluding hydrogens is 330 g/mol. The second kappa shape index (κ2) is 5.37. The molecule has 0 spiro atoms. The minimum absolute atomic E-state index is 0.0132. The van der Waals surface area contributed by atoms with Crippen LogP contribution in [0.1, 0.15) is 5.56 Å². The zero-order valence-electron chi connectivity index (χ0n) is 11.7. The van der Waals surface area contributed by atoms with Crippen LogP contribution >= 0.6 is 15.9 Å². The maximum absolute atomic E-state index is 12.7. The molecule has 2 aromatic carbocycles. The summed E-state index contributed by atoms with van der Waals surface area (Å²) in [6.07, 6.45) is 0. The lowest BCUT2D eigenvalue weighted by molar-refractivity contribution is 0.419. The quantitative estimate of drug-likeness (QED) is 0.754. The van der Waals surface area contributed by atoms with E-state index in [1.54, 1.807) is 13.2 Å². The second-order valence-electron chi connectivity index (χ2n) is 4.82. The highest BCUT2D eigenvalue weighted by atomic mass is 79.9. The largest absolute Gasteiger partial charge is 0.496 e. The average molecular weight is 344 g/mol. The summed E-state index contributed by atoms with van der Waals surface area (Å²) in [5, 5.41) is 0.573. The Hall–Kier alpha value is -2.07. The fourth-order valence-electron chi connectivity index (χ4n) is 2.49. The molecule has 0 fully saturated rings. The molecule has 0 aliphatic heterocycles. The van der Waals surface area contributed by atoms with Crippen LogP contribution in [0.15, 0.2) is 51.7 Å². The maximum Gasteiger partial charge on any atom is 0.196 e. The third-order valence-corrected chi connectivity index (χ3v) is 4.25. The molecule has 21 heavy (non-hydrogen) atoms. The minimum atomic E-state index is -0.0132. The zero-order valence-corrected chi connectivity index (χ0v) is 13.3. The van der Waals surface area contributed by atoms with Gasteiger partial charge in [-0.1, -0.05) is 30.3 Å². The van der Waals surface area contributed by atoms with Crippen molar-refractivity contribution in [2.75, 3.05) is 7.11 Å². The first-order valence-corrected chi connectivity index (χ1v) is 7.37. The number of aromatic amines is 1. The molecule has 0 atom stereocenters. The fourth-order valence-corrected chi connectivity index (χ4v) is 2.92. The van der Waals surface area contributed by atoms with Gasteiger partial charge in [-0.15, -0.1) is 0 Å². The van der Waals surface area contributed by atoms with Gasteiger partial charge in [0.15, 0.2) is 5.43 Å². The van der Waals surface area contributed by atoms with Crippen molar-refractivity contribution >= 4 is 26.8 Å². The lowest BCUT2D eigenvalue weighted by Crippen LogP contribution is -2.11. The number of hydrogen-bond donors (Lipinski definition) is 1. The van der Waals surface area contributed by atoms with E-state index in [0.29, 0.717) is 16.7 Å². The van der Waals surface area contributed by atoms with Gasteiger partial charge < -0.3 is 9.72 Å². The first-order valence-electron chi connectivity index (χ1n) is 6.58. The molecule has 1 N–H and O–H groups in total. The number of rotatable bonds is 2. The van der Waals surface area contributed by atoms with Gasteiger partial charge in [-0.3, -0.25) is 4.79 Å². The lowest BCUT2D eigenvalue weighted by Gasteiger charge is -2.12. The van der Waals surface area contributed by atoms with Crippen LogP contribution in [-0.4, -0.2) is 12.1 Å². The number of H-pyrrole nitrogens is 1. The highest BCUT2D eigenvalue weighted by Crippen LogP contribution is 2.31. The maximum atomic E-state index is 12.7. The van der Waals surface area contributed by atoms with Crippen LogP contribution in [0.4, 0.5) is 0 Å². The number of methoxy groups -OCH3 is 1. The van der Waals surface area contributed by atoms with E-state index < -0.39 is 0 Å². The first kappa shape index (κ1) is 13.9. The Bertz CT molecular complexity index is 869. The lowest BCUT2D eigenvalue weighted by atomic mass is 10.0. The van der Waals surface area contributed by atoms with E-state index in [4.69, 9.17) is 4.74 Å². The van der Waals surface area contributed by atoms with Crippen LogP contribution in [0.25, 0.3) is 22.2 Å². The molecule has 106 valence electrons. The van der Waals surface area contributed by atoms with Crippen molar-refractivity contribution in [2.45, 2.75) is 6.92 Å². The Labute approximate surface area is 130 Å². The normalized spacial score (nSPS) is 10.8. The monoisotopic (exact) mass is 343 g/mol.